The summed E-state index contributed by atoms with van der Waals surface area (Å²) in [5.41, 5.74) is 5.11. The summed E-state index contributed by atoms with van der Waals surface area (Å²) in [4.78, 5) is 12.6. The maximum Gasteiger partial charge on any atom is 0.269 e. The molecule has 0 aliphatic heterocycles. The number of benzene rings is 2. The number of fused-ring (bicyclic) bond motifs is 1. The molecular formula is C33H39N3O7S. The average Bonchev–Trinajstić information content (AvgIpc) is 3.69. The number of aryl methyl sites for hydroxylation is 2. The smallest absolute Gasteiger partial charge is 0.269 e. The van der Waals surface area contributed by atoms with Gasteiger partial charge in [0.2, 0.25) is 5.91 Å². The van der Waals surface area contributed by atoms with E-state index in [2.05, 4.69) is 34.1 Å². The second-order valence-corrected chi connectivity index (χ2v) is 13.2. The zero-order valence-corrected chi connectivity index (χ0v) is 26.5. The first-order chi connectivity index (χ1) is 21.0. The van der Waals surface area contributed by atoms with Crippen molar-refractivity contribution < 1.29 is 32.3 Å². The molecule has 44 heavy (non-hydrogen) atoms. The van der Waals surface area contributed by atoms with Crippen molar-refractivity contribution in [3.8, 4) is 11.5 Å². The molecule has 2 atom stereocenters. The Labute approximate surface area is 258 Å². The first kappa shape index (κ1) is 31.3. The summed E-state index contributed by atoms with van der Waals surface area (Å²) in [7, 11) is -0.920. The lowest BCUT2D eigenvalue weighted by Crippen LogP contribution is -2.32. The Balaban J connectivity index is 1.34. The van der Waals surface area contributed by atoms with Gasteiger partial charge in [-0.3, -0.25) is 4.79 Å². The lowest BCUT2D eigenvalue weighted by molar-refractivity contribution is -0.118. The fourth-order valence-electron chi connectivity index (χ4n) is 6.36. The minimum Gasteiger partial charge on any atom is -0.496 e. The van der Waals surface area contributed by atoms with E-state index in [9.17, 15) is 18.3 Å². The average molecular weight is 622 g/mol. The number of hydrogen-bond acceptors (Lipinski definition) is 8. The van der Waals surface area contributed by atoms with Crippen LogP contribution < -0.4 is 14.2 Å². The highest BCUT2D eigenvalue weighted by molar-refractivity contribution is 7.90. The molecule has 2 aromatic heterocycles. The zero-order valence-electron chi connectivity index (χ0n) is 25.7. The molecule has 0 bridgehead atoms. The fourth-order valence-corrected chi connectivity index (χ4v) is 7.67. The van der Waals surface area contributed by atoms with Gasteiger partial charge in [0.25, 0.3) is 10.0 Å². The van der Waals surface area contributed by atoms with Gasteiger partial charge >= 0.3 is 0 Å². The molecular weight excluding hydrogens is 582 g/mol. The van der Waals surface area contributed by atoms with E-state index in [-0.39, 0.29) is 28.7 Å². The maximum atomic E-state index is 12.8. The molecule has 0 spiro atoms. The predicted molar refractivity (Wildman–Crippen MR) is 164 cm³/mol. The largest absolute Gasteiger partial charge is 0.496 e. The highest BCUT2D eigenvalue weighted by Crippen LogP contribution is 2.39. The van der Waals surface area contributed by atoms with E-state index in [1.54, 1.807) is 20.3 Å². The number of carbonyl (C=O) groups is 1. The minimum atomic E-state index is -4.12. The van der Waals surface area contributed by atoms with E-state index >= 15 is 0 Å². The number of rotatable bonds is 12. The van der Waals surface area contributed by atoms with Crippen molar-refractivity contribution in [1.82, 2.24) is 14.4 Å². The van der Waals surface area contributed by atoms with Gasteiger partial charge in [-0.25, -0.2) is 13.1 Å². The van der Waals surface area contributed by atoms with Gasteiger partial charge in [-0.05, 0) is 86.4 Å². The number of nitrogens with one attached hydrogen (secondary N) is 1. The van der Waals surface area contributed by atoms with Gasteiger partial charge in [0, 0.05) is 30.4 Å². The summed E-state index contributed by atoms with van der Waals surface area (Å²) in [5.74, 6) is 0.948. The third-order valence-corrected chi connectivity index (χ3v) is 10.1. The second-order valence-electron chi connectivity index (χ2n) is 11.6. The molecule has 0 radical (unpaired) electrons. The van der Waals surface area contributed by atoms with Crippen LogP contribution in [0.3, 0.4) is 0 Å². The van der Waals surface area contributed by atoms with Crippen molar-refractivity contribution in [2.24, 2.45) is 11.8 Å². The van der Waals surface area contributed by atoms with Gasteiger partial charge in [-0.2, -0.15) is 0 Å². The van der Waals surface area contributed by atoms with Crippen molar-refractivity contribution in [3.63, 3.8) is 0 Å². The minimum absolute atomic E-state index is 0.118. The highest BCUT2D eigenvalue weighted by atomic mass is 32.2. The van der Waals surface area contributed by atoms with E-state index in [4.69, 9.17) is 14.0 Å². The molecule has 4 aromatic rings. The summed E-state index contributed by atoms with van der Waals surface area (Å²) in [6.45, 7) is 5.40. The number of nitrogens with zero attached hydrogens (tertiary/aromatic N) is 2. The van der Waals surface area contributed by atoms with Crippen molar-refractivity contribution >= 4 is 15.9 Å². The number of carbonyl (C=O) groups excluding carboxylic acids is 1. The SMILES string of the molecule is COc1cc([C@@H](O)[C@H](CC2Cc3ccccc3C2)Cn2ccc(CC(=O)NS(=O)(=O)c3c(C)noc3C)c2)cc(OC)c1C. The van der Waals surface area contributed by atoms with Gasteiger partial charge in [0.1, 0.15) is 17.2 Å². The summed E-state index contributed by atoms with van der Waals surface area (Å²) in [6, 6.07) is 14.0. The van der Waals surface area contributed by atoms with E-state index in [0.717, 1.165) is 24.8 Å². The molecule has 5 rings (SSSR count). The van der Waals surface area contributed by atoms with E-state index in [1.807, 2.05) is 36.0 Å². The number of sulfonamides is 1. The number of methoxy groups -OCH3 is 2. The van der Waals surface area contributed by atoms with Crippen LogP contribution in [0.5, 0.6) is 11.5 Å². The molecule has 0 fully saturated rings. The van der Waals surface area contributed by atoms with E-state index < -0.39 is 22.0 Å². The number of amides is 1. The quantitative estimate of drug-likeness (QED) is 0.234. The normalized spacial score (nSPS) is 14.7. The Hall–Kier alpha value is -4.09. The van der Waals surface area contributed by atoms with Crippen LogP contribution in [-0.4, -0.2) is 43.4 Å². The lowest BCUT2D eigenvalue weighted by Gasteiger charge is -2.27. The third kappa shape index (κ3) is 6.68. The molecule has 2 heterocycles. The van der Waals surface area contributed by atoms with Crippen molar-refractivity contribution in [2.75, 3.05) is 14.2 Å². The Bertz CT molecular complexity index is 1690. The Morgan fingerprint density at radius 1 is 1.09 bits per heavy atom. The van der Waals surface area contributed by atoms with Gasteiger partial charge in [-0.1, -0.05) is 29.4 Å². The molecule has 0 unspecified atom stereocenters. The Morgan fingerprint density at radius 2 is 1.73 bits per heavy atom. The number of aliphatic hydroxyl groups excluding tert-OH is 1. The summed E-state index contributed by atoms with van der Waals surface area (Å²) in [6.07, 6.45) is 5.42. The number of ether oxygens (including phenoxy) is 2. The zero-order chi connectivity index (χ0) is 31.6. The van der Waals surface area contributed by atoms with Crippen LogP contribution in [0, 0.1) is 32.6 Å². The van der Waals surface area contributed by atoms with Crippen LogP contribution in [0.1, 0.15) is 51.8 Å². The van der Waals surface area contributed by atoms with Gasteiger partial charge in [0.15, 0.2) is 10.7 Å². The first-order valence-electron chi connectivity index (χ1n) is 14.6. The summed E-state index contributed by atoms with van der Waals surface area (Å²) in [5, 5.41) is 15.5. The summed E-state index contributed by atoms with van der Waals surface area (Å²) < 4.78 is 45.7. The van der Waals surface area contributed by atoms with Gasteiger partial charge in [0.05, 0.1) is 26.7 Å². The highest BCUT2D eigenvalue weighted by Gasteiger charge is 2.30. The third-order valence-electron chi connectivity index (χ3n) is 8.44. The summed E-state index contributed by atoms with van der Waals surface area (Å²) >= 11 is 0. The maximum absolute atomic E-state index is 12.8. The van der Waals surface area contributed by atoms with Gasteiger partial charge in [-0.15, -0.1) is 0 Å². The molecule has 1 amide bonds. The monoisotopic (exact) mass is 621 g/mol. The number of aromatic nitrogens is 2. The Morgan fingerprint density at radius 3 is 2.30 bits per heavy atom. The topological polar surface area (TPSA) is 133 Å². The molecule has 0 saturated carbocycles. The first-order valence-corrected chi connectivity index (χ1v) is 16.1. The van der Waals surface area contributed by atoms with Crippen molar-refractivity contribution in [1.29, 1.82) is 0 Å². The van der Waals surface area contributed by atoms with Crippen molar-refractivity contribution in [3.05, 3.63) is 94.1 Å². The van der Waals surface area contributed by atoms with E-state index in [0.29, 0.717) is 35.1 Å². The van der Waals surface area contributed by atoms with Crippen LogP contribution in [-0.2, 0) is 40.6 Å². The van der Waals surface area contributed by atoms with Crippen LogP contribution in [0.2, 0.25) is 0 Å². The van der Waals surface area contributed by atoms with Crippen LogP contribution in [0.25, 0.3) is 0 Å². The molecule has 1 aliphatic rings. The molecule has 11 heteroatoms. The molecule has 234 valence electrons. The Kier molecular flexibility index (Phi) is 9.17. The fraction of sp³-hybridized carbons (Fsp3) is 0.394. The number of hydrogen-bond donors (Lipinski definition) is 2. The predicted octanol–water partition coefficient (Wildman–Crippen LogP) is 4.62. The molecule has 0 saturated heterocycles. The molecule has 10 nitrogen and oxygen atoms in total. The lowest BCUT2D eigenvalue weighted by atomic mass is 9.85. The van der Waals surface area contributed by atoms with Crippen LogP contribution in [0.15, 0.2) is 64.3 Å². The van der Waals surface area contributed by atoms with Crippen molar-refractivity contribution in [2.45, 2.75) is 64.0 Å². The molecule has 2 N–H and O–H groups in total. The molecule has 2 aromatic carbocycles. The van der Waals surface area contributed by atoms with Gasteiger partial charge < -0.3 is 23.7 Å². The van der Waals surface area contributed by atoms with Crippen LogP contribution in [0.4, 0.5) is 0 Å². The standard InChI is InChI=1S/C33H39N3O7S/c1-20-29(41-4)16-27(17-30(20)42-5)32(38)28(14-24-12-25-8-6-7-9-26(25)13-24)19-36-11-10-23(18-36)15-31(37)35-44(39,40)33-21(2)34-43-22(33)3/h6-11,16-18,24,28,32,38H,12-15,19H2,1-5H3,(H,35,37)/t28-,32-/m1/s1. The second kappa shape index (κ2) is 12.9. The number of aliphatic hydroxyl groups is 1. The molecule has 1 aliphatic carbocycles. The van der Waals surface area contributed by atoms with Crippen LogP contribution >= 0.6 is 0 Å². The van der Waals surface area contributed by atoms with E-state index in [1.165, 1.54) is 25.0 Å².